The van der Waals surface area contributed by atoms with E-state index in [1.165, 1.54) is 21.9 Å². The van der Waals surface area contributed by atoms with Crippen molar-refractivity contribution < 1.29 is 13.2 Å². The highest BCUT2D eigenvalue weighted by Crippen LogP contribution is 2.37. The van der Waals surface area contributed by atoms with Gasteiger partial charge in [-0.2, -0.15) is 0 Å². The van der Waals surface area contributed by atoms with E-state index >= 15 is 0 Å². The minimum atomic E-state index is -3.26. The normalized spacial score (nSPS) is 11.3. The predicted molar refractivity (Wildman–Crippen MR) is 79.6 cm³/mol. The van der Waals surface area contributed by atoms with Crippen molar-refractivity contribution in [3.8, 4) is 16.2 Å². The van der Waals surface area contributed by atoms with Gasteiger partial charge in [0.05, 0.1) is 23.9 Å². The fourth-order valence-electron chi connectivity index (χ4n) is 1.71. The first-order chi connectivity index (χ1) is 8.93. The van der Waals surface area contributed by atoms with Crippen LogP contribution in [0.1, 0.15) is 0 Å². The van der Waals surface area contributed by atoms with E-state index in [0.29, 0.717) is 5.69 Å². The van der Waals surface area contributed by atoms with Crippen molar-refractivity contribution in [2.24, 2.45) is 0 Å². The first-order valence-electron chi connectivity index (χ1n) is 5.59. The summed E-state index contributed by atoms with van der Waals surface area (Å²) in [7, 11) is -0.0984. The van der Waals surface area contributed by atoms with E-state index in [1.54, 1.807) is 20.2 Å². The van der Waals surface area contributed by atoms with Gasteiger partial charge in [0.15, 0.2) is 0 Å². The molecule has 19 heavy (non-hydrogen) atoms. The topological polar surface area (TPSA) is 46.6 Å². The Labute approximate surface area is 117 Å². The number of hydrogen-bond donors (Lipinski definition) is 0. The Morgan fingerprint density at radius 1 is 1.26 bits per heavy atom. The molecular weight excluding hydrogens is 282 g/mol. The monoisotopic (exact) mass is 297 g/mol. The van der Waals surface area contributed by atoms with E-state index in [1.807, 2.05) is 29.6 Å². The lowest BCUT2D eigenvalue weighted by Crippen LogP contribution is -2.24. The van der Waals surface area contributed by atoms with Crippen LogP contribution in [0.25, 0.3) is 10.4 Å². The Kier molecular flexibility index (Phi) is 3.82. The Morgan fingerprint density at radius 3 is 2.63 bits per heavy atom. The molecule has 0 spiro atoms. The molecule has 6 heteroatoms. The van der Waals surface area contributed by atoms with Crippen molar-refractivity contribution in [1.29, 1.82) is 0 Å². The SMILES string of the molecule is COc1cccc(-c2sccc2N(C)S(C)(=O)=O)c1. The summed E-state index contributed by atoms with van der Waals surface area (Å²) in [5.41, 5.74) is 1.63. The second-order valence-corrected chi connectivity index (χ2v) is 7.03. The van der Waals surface area contributed by atoms with Crippen LogP contribution in [0.15, 0.2) is 35.7 Å². The van der Waals surface area contributed by atoms with Crippen LogP contribution in [-0.4, -0.2) is 28.8 Å². The summed E-state index contributed by atoms with van der Waals surface area (Å²) in [5.74, 6) is 0.749. The maximum absolute atomic E-state index is 11.6. The van der Waals surface area contributed by atoms with Crippen LogP contribution in [0.5, 0.6) is 5.75 Å². The molecule has 1 aromatic carbocycles. The number of rotatable bonds is 4. The summed E-state index contributed by atoms with van der Waals surface area (Å²) < 4.78 is 29.8. The molecule has 0 saturated heterocycles. The second kappa shape index (κ2) is 5.22. The molecule has 0 N–H and O–H groups in total. The van der Waals surface area contributed by atoms with E-state index < -0.39 is 10.0 Å². The van der Waals surface area contributed by atoms with Crippen molar-refractivity contribution in [1.82, 2.24) is 0 Å². The number of hydrogen-bond acceptors (Lipinski definition) is 4. The van der Waals surface area contributed by atoms with Crippen LogP contribution >= 0.6 is 11.3 Å². The highest BCUT2D eigenvalue weighted by atomic mass is 32.2. The van der Waals surface area contributed by atoms with Crippen molar-refractivity contribution in [2.75, 3.05) is 24.7 Å². The summed E-state index contributed by atoms with van der Waals surface area (Å²) in [5, 5.41) is 1.88. The number of sulfonamides is 1. The van der Waals surface area contributed by atoms with Gasteiger partial charge in [0, 0.05) is 7.05 Å². The van der Waals surface area contributed by atoms with E-state index in [9.17, 15) is 8.42 Å². The zero-order chi connectivity index (χ0) is 14.0. The van der Waals surface area contributed by atoms with Crippen LogP contribution in [0.3, 0.4) is 0 Å². The van der Waals surface area contributed by atoms with Gasteiger partial charge in [-0.1, -0.05) is 12.1 Å². The lowest BCUT2D eigenvalue weighted by Gasteiger charge is -2.17. The zero-order valence-corrected chi connectivity index (χ0v) is 12.6. The molecule has 0 aliphatic rings. The Bertz CT molecular complexity index is 677. The van der Waals surface area contributed by atoms with Gasteiger partial charge in [-0.25, -0.2) is 8.42 Å². The van der Waals surface area contributed by atoms with E-state index in [-0.39, 0.29) is 0 Å². The van der Waals surface area contributed by atoms with Gasteiger partial charge in [-0.05, 0) is 29.1 Å². The largest absolute Gasteiger partial charge is 0.497 e. The summed E-state index contributed by atoms with van der Waals surface area (Å²) in [6.07, 6.45) is 1.19. The van der Waals surface area contributed by atoms with Gasteiger partial charge in [-0.3, -0.25) is 4.31 Å². The number of thiophene rings is 1. The van der Waals surface area contributed by atoms with Crippen LogP contribution in [0.4, 0.5) is 5.69 Å². The van der Waals surface area contributed by atoms with E-state index in [0.717, 1.165) is 16.2 Å². The molecule has 2 rings (SSSR count). The van der Waals surface area contributed by atoms with Crippen molar-refractivity contribution in [3.63, 3.8) is 0 Å². The molecule has 2 aromatic rings. The van der Waals surface area contributed by atoms with Gasteiger partial charge in [-0.15, -0.1) is 11.3 Å². The average molecular weight is 297 g/mol. The maximum atomic E-state index is 11.6. The van der Waals surface area contributed by atoms with Crippen LogP contribution in [0, 0.1) is 0 Å². The van der Waals surface area contributed by atoms with Crippen LogP contribution in [-0.2, 0) is 10.0 Å². The average Bonchev–Trinajstić information content (AvgIpc) is 2.85. The van der Waals surface area contributed by atoms with Gasteiger partial charge in [0.25, 0.3) is 0 Å². The summed E-state index contributed by atoms with van der Waals surface area (Å²) in [4.78, 5) is 0.909. The minimum Gasteiger partial charge on any atom is -0.497 e. The molecule has 0 unspecified atom stereocenters. The predicted octanol–water partition coefficient (Wildman–Crippen LogP) is 2.82. The third-order valence-corrected chi connectivity index (χ3v) is 4.96. The fraction of sp³-hybridized carbons (Fsp3) is 0.231. The van der Waals surface area contributed by atoms with Crippen LogP contribution < -0.4 is 9.04 Å². The highest BCUT2D eigenvalue weighted by molar-refractivity contribution is 7.92. The van der Waals surface area contributed by atoms with Gasteiger partial charge in [0.2, 0.25) is 10.0 Å². The molecule has 0 aliphatic carbocycles. The third kappa shape index (κ3) is 2.90. The number of methoxy groups -OCH3 is 1. The molecule has 1 aromatic heterocycles. The molecule has 4 nitrogen and oxygen atoms in total. The van der Waals surface area contributed by atoms with E-state index in [4.69, 9.17) is 4.74 Å². The molecule has 102 valence electrons. The Hall–Kier alpha value is -1.53. The molecule has 0 radical (unpaired) electrons. The van der Waals surface area contributed by atoms with Gasteiger partial charge in [0.1, 0.15) is 5.75 Å². The zero-order valence-electron chi connectivity index (χ0n) is 11.0. The third-order valence-electron chi connectivity index (χ3n) is 2.81. The lowest BCUT2D eigenvalue weighted by molar-refractivity contribution is 0.415. The molecule has 0 saturated carbocycles. The Balaban J connectivity index is 2.50. The Morgan fingerprint density at radius 2 is 2.00 bits per heavy atom. The fourth-order valence-corrected chi connectivity index (χ4v) is 3.20. The molecule has 0 aliphatic heterocycles. The van der Waals surface area contributed by atoms with Gasteiger partial charge < -0.3 is 4.74 Å². The number of nitrogens with zero attached hydrogens (tertiary/aromatic N) is 1. The first-order valence-corrected chi connectivity index (χ1v) is 8.32. The summed E-state index contributed by atoms with van der Waals surface area (Å²) in [6, 6.07) is 9.38. The summed E-state index contributed by atoms with van der Waals surface area (Å²) >= 11 is 1.50. The summed E-state index contributed by atoms with van der Waals surface area (Å²) in [6.45, 7) is 0. The molecule has 0 amide bonds. The number of benzene rings is 1. The molecule has 0 bridgehead atoms. The number of ether oxygens (including phenoxy) is 1. The lowest BCUT2D eigenvalue weighted by atomic mass is 10.1. The molecular formula is C13H15NO3S2. The quantitative estimate of drug-likeness (QED) is 0.872. The van der Waals surface area contributed by atoms with Crippen molar-refractivity contribution in [3.05, 3.63) is 35.7 Å². The molecule has 1 heterocycles. The van der Waals surface area contributed by atoms with Crippen molar-refractivity contribution >= 4 is 27.0 Å². The van der Waals surface area contributed by atoms with E-state index in [2.05, 4.69) is 0 Å². The minimum absolute atomic E-state index is 0.681. The standard InChI is InChI=1S/C13H15NO3S2/c1-14(19(3,15)16)12-7-8-18-13(12)10-5-4-6-11(9-10)17-2/h4-9H,1-3H3. The highest BCUT2D eigenvalue weighted by Gasteiger charge is 2.18. The number of anilines is 1. The first kappa shape index (κ1) is 13.9. The second-order valence-electron chi connectivity index (χ2n) is 4.10. The maximum Gasteiger partial charge on any atom is 0.232 e. The van der Waals surface area contributed by atoms with Gasteiger partial charge >= 0.3 is 0 Å². The smallest absolute Gasteiger partial charge is 0.232 e. The molecule has 0 atom stereocenters. The molecule has 0 fully saturated rings. The van der Waals surface area contributed by atoms with Crippen LogP contribution in [0.2, 0.25) is 0 Å². The van der Waals surface area contributed by atoms with Crippen molar-refractivity contribution in [2.45, 2.75) is 0 Å².